The van der Waals surface area contributed by atoms with Crippen molar-refractivity contribution in [3.63, 3.8) is 0 Å². The first kappa shape index (κ1) is 19.7. The average Bonchev–Trinajstić information content (AvgIpc) is 3.19. The third kappa shape index (κ3) is 3.57. The molecule has 9 nitrogen and oxygen atoms in total. The number of H-pyrrole nitrogens is 1. The van der Waals surface area contributed by atoms with Crippen molar-refractivity contribution in [2.75, 3.05) is 43.4 Å². The molecule has 0 unspecified atom stereocenters. The molecule has 0 amide bonds. The van der Waals surface area contributed by atoms with Gasteiger partial charge in [-0.05, 0) is 18.2 Å². The Morgan fingerprint density at radius 3 is 2.74 bits per heavy atom. The highest BCUT2D eigenvalue weighted by atomic mass is 32.1. The molecule has 2 N–H and O–H groups in total. The van der Waals surface area contributed by atoms with Gasteiger partial charge in [0.05, 0.1) is 17.4 Å². The van der Waals surface area contributed by atoms with E-state index in [-0.39, 0.29) is 11.2 Å². The van der Waals surface area contributed by atoms with Gasteiger partial charge >= 0.3 is 5.69 Å². The molecule has 0 atom stereocenters. The Kier molecular flexibility index (Phi) is 4.95. The van der Waals surface area contributed by atoms with Gasteiger partial charge in [-0.3, -0.25) is 19.2 Å². The summed E-state index contributed by atoms with van der Waals surface area (Å²) in [4.78, 5) is 41.7. The maximum Gasteiger partial charge on any atom is 0.328 e. The molecule has 1 aliphatic rings. The molecule has 0 aliphatic carbocycles. The number of fused-ring (bicyclic) bond motifs is 2. The van der Waals surface area contributed by atoms with Gasteiger partial charge in [-0.1, -0.05) is 0 Å². The van der Waals surface area contributed by atoms with E-state index >= 15 is 0 Å². The number of aromatic nitrogens is 4. The van der Waals surface area contributed by atoms with Gasteiger partial charge in [-0.2, -0.15) is 0 Å². The van der Waals surface area contributed by atoms with E-state index in [1.54, 1.807) is 6.20 Å². The van der Waals surface area contributed by atoms with Crippen LogP contribution in [0.15, 0.2) is 40.2 Å². The van der Waals surface area contributed by atoms with Gasteiger partial charge < -0.3 is 15.2 Å². The zero-order valence-corrected chi connectivity index (χ0v) is 18.2. The van der Waals surface area contributed by atoms with Crippen LogP contribution in [0.1, 0.15) is 4.88 Å². The van der Waals surface area contributed by atoms with Crippen LogP contribution in [0.2, 0.25) is 0 Å². The van der Waals surface area contributed by atoms with Crippen molar-refractivity contribution >= 4 is 44.0 Å². The lowest BCUT2D eigenvalue weighted by molar-refractivity contribution is 0.252. The van der Waals surface area contributed by atoms with E-state index in [2.05, 4.69) is 36.1 Å². The number of nitrogens with one attached hydrogen (secondary N) is 2. The summed E-state index contributed by atoms with van der Waals surface area (Å²) in [5.74, 6) is 0.786. The second-order valence-corrected chi connectivity index (χ2v) is 8.82. The van der Waals surface area contributed by atoms with E-state index in [0.29, 0.717) is 10.2 Å². The van der Waals surface area contributed by atoms with Gasteiger partial charge in [0.1, 0.15) is 10.2 Å². The summed E-state index contributed by atoms with van der Waals surface area (Å²) in [7, 11) is 3.35. The fourth-order valence-electron chi connectivity index (χ4n) is 4.00. The van der Waals surface area contributed by atoms with Gasteiger partial charge in [-0.15, -0.1) is 11.3 Å². The van der Waals surface area contributed by atoms with E-state index in [1.807, 2.05) is 25.4 Å². The summed E-state index contributed by atoms with van der Waals surface area (Å²) < 4.78 is 1.72. The number of pyridine rings is 2. The van der Waals surface area contributed by atoms with E-state index in [4.69, 9.17) is 0 Å². The Hall–Kier alpha value is -3.24. The van der Waals surface area contributed by atoms with Gasteiger partial charge in [0.2, 0.25) is 0 Å². The van der Waals surface area contributed by atoms with Gasteiger partial charge in [0.25, 0.3) is 5.56 Å². The monoisotopic (exact) mass is 437 g/mol. The molecule has 31 heavy (non-hydrogen) atoms. The Bertz CT molecular complexity index is 1380. The number of piperazine rings is 1. The van der Waals surface area contributed by atoms with Crippen molar-refractivity contribution in [1.82, 2.24) is 24.4 Å². The van der Waals surface area contributed by atoms with Crippen molar-refractivity contribution in [3.8, 4) is 0 Å². The molecule has 0 radical (unpaired) electrons. The summed E-state index contributed by atoms with van der Waals surface area (Å²) in [6.07, 6.45) is 3.71. The molecule has 5 rings (SSSR count). The fourth-order valence-corrected chi connectivity index (χ4v) is 5.13. The van der Waals surface area contributed by atoms with Gasteiger partial charge in [0, 0.05) is 63.3 Å². The molecule has 4 aromatic rings. The predicted molar refractivity (Wildman–Crippen MR) is 124 cm³/mol. The van der Waals surface area contributed by atoms with E-state index < -0.39 is 0 Å². The fraction of sp³-hybridized carbons (Fsp3) is 0.333. The van der Waals surface area contributed by atoms with Crippen molar-refractivity contribution in [2.24, 2.45) is 7.05 Å². The lowest BCUT2D eigenvalue weighted by Gasteiger charge is -2.35. The summed E-state index contributed by atoms with van der Waals surface area (Å²) in [5.41, 5.74) is 2.01. The van der Waals surface area contributed by atoms with Crippen LogP contribution in [-0.2, 0) is 13.6 Å². The number of rotatable bonds is 4. The van der Waals surface area contributed by atoms with Crippen LogP contribution in [0, 0.1) is 0 Å². The van der Waals surface area contributed by atoms with Crippen LogP contribution >= 0.6 is 11.3 Å². The Morgan fingerprint density at radius 2 is 1.97 bits per heavy atom. The van der Waals surface area contributed by atoms with Crippen LogP contribution < -0.4 is 21.5 Å². The van der Waals surface area contributed by atoms with Crippen LogP contribution in [0.25, 0.3) is 21.1 Å². The summed E-state index contributed by atoms with van der Waals surface area (Å²) in [5, 5.41) is 4.15. The molecule has 4 aromatic heterocycles. The normalized spacial score (nSPS) is 15.1. The number of thiophene rings is 1. The van der Waals surface area contributed by atoms with Crippen molar-refractivity contribution in [2.45, 2.75) is 6.54 Å². The largest absolute Gasteiger partial charge is 0.371 e. The van der Waals surface area contributed by atoms with Gasteiger partial charge in [0.15, 0.2) is 5.82 Å². The second kappa shape index (κ2) is 7.78. The second-order valence-electron chi connectivity index (χ2n) is 7.69. The highest BCUT2D eigenvalue weighted by Crippen LogP contribution is 2.26. The molecular weight excluding hydrogens is 414 g/mol. The Morgan fingerprint density at radius 1 is 1.16 bits per heavy atom. The van der Waals surface area contributed by atoms with Crippen molar-refractivity contribution in [3.05, 3.63) is 56.3 Å². The minimum Gasteiger partial charge on any atom is -0.371 e. The first-order valence-corrected chi connectivity index (χ1v) is 11.0. The minimum atomic E-state index is -0.378. The molecule has 0 saturated carbocycles. The number of hydrogen-bond acceptors (Lipinski definition) is 8. The maximum atomic E-state index is 12.3. The van der Waals surface area contributed by atoms with Gasteiger partial charge in [-0.25, -0.2) is 9.78 Å². The molecule has 0 bridgehead atoms. The predicted octanol–water partition coefficient (Wildman–Crippen LogP) is 1.60. The Balaban J connectivity index is 1.29. The van der Waals surface area contributed by atoms with Crippen LogP contribution in [0.5, 0.6) is 0 Å². The summed E-state index contributed by atoms with van der Waals surface area (Å²) in [6, 6.07) is 6.08. The smallest absolute Gasteiger partial charge is 0.328 e. The molecule has 0 spiro atoms. The summed E-state index contributed by atoms with van der Waals surface area (Å²) >= 11 is 1.46. The molecule has 10 heteroatoms. The molecule has 160 valence electrons. The SMILES string of the molecule is CNc1nccc2cc(N3CCN(Cc4cc5[nH]c(=O)n(C)c(=O)c5s4)CC3)cnc12. The van der Waals surface area contributed by atoms with Crippen molar-refractivity contribution in [1.29, 1.82) is 0 Å². The van der Waals surface area contributed by atoms with Crippen molar-refractivity contribution < 1.29 is 0 Å². The lowest BCUT2D eigenvalue weighted by Crippen LogP contribution is -2.45. The topological polar surface area (TPSA) is 99.1 Å². The molecule has 5 heterocycles. The highest BCUT2D eigenvalue weighted by molar-refractivity contribution is 7.18. The van der Waals surface area contributed by atoms with E-state index in [9.17, 15) is 9.59 Å². The maximum absolute atomic E-state index is 12.3. The third-order valence-electron chi connectivity index (χ3n) is 5.77. The zero-order valence-electron chi connectivity index (χ0n) is 17.4. The number of aromatic amines is 1. The Labute approximate surface area is 182 Å². The minimum absolute atomic E-state index is 0.236. The quantitative estimate of drug-likeness (QED) is 0.500. The standard InChI is InChI=1S/C21H23N7O2S/c1-22-19-17-13(3-4-23-19)9-14(11-24-17)28-7-5-27(6-8-28)12-15-10-16-18(31-15)20(29)26(2)21(30)25-16/h3-4,9-11H,5-8,12H2,1-2H3,(H,22,23)(H,25,30). The molecule has 0 aromatic carbocycles. The summed E-state index contributed by atoms with van der Waals surface area (Å²) in [6.45, 7) is 4.41. The zero-order chi connectivity index (χ0) is 21.5. The van der Waals surface area contributed by atoms with E-state index in [1.165, 1.54) is 18.4 Å². The van der Waals surface area contributed by atoms with E-state index in [0.717, 1.165) is 64.6 Å². The van der Waals surface area contributed by atoms with Crippen LogP contribution in [0.3, 0.4) is 0 Å². The number of nitrogens with zero attached hydrogens (tertiary/aromatic N) is 5. The molecular formula is C21H23N7O2S. The first-order chi connectivity index (χ1) is 15.0. The molecule has 1 aliphatic heterocycles. The highest BCUT2D eigenvalue weighted by Gasteiger charge is 2.19. The van der Waals surface area contributed by atoms with Crippen LogP contribution in [-0.4, -0.2) is 57.6 Å². The third-order valence-corrected chi connectivity index (χ3v) is 6.87. The lowest BCUT2D eigenvalue weighted by atomic mass is 10.2. The van der Waals surface area contributed by atoms with Crippen LogP contribution in [0.4, 0.5) is 11.5 Å². The number of anilines is 2. The molecule has 1 saturated heterocycles. The molecule has 1 fully saturated rings. The number of hydrogen-bond donors (Lipinski definition) is 2. The average molecular weight is 438 g/mol. The first-order valence-electron chi connectivity index (χ1n) is 10.1.